The van der Waals surface area contributed by atoms with Gasteiger partial charge in [0, 0.05) is 17.8 Å². The Hall–Kier alpha value is -1.44. The average Bonchev–Trinajstić information content (AvgIpc) is 2.35. The van der Waals surface area contributed by atoms with Crippen LogP contribution in [0.3, 0.4) is 0 Å². The zero-order valence-corrected chi connectivity index (χ0v) is 9.79. The molecule has 1 aromatic carbocycles. The monoisotopic (exact) mass is 207 g/mol. The second-order valence-corrected chi connectivity index (χ2v) is 2.67. The average molecular weight is 207 g/mol. The molecule has 0 atom stereocenters. The molecule has 0 saturated heterocycles. The molecular formula is C13H18FN. The van der Waals surface area contributed by atoms with Crippen LogP contribution in [0.5, 0.6) is 0 Å². The lowest BCUT2D eigenvalue weighted by Gasteiger charge is -1.98. The van der Waals surface area contributed by atoms with Crippen LogP contribution in [-0.2, 0) is 0 Å². The summed E-state index contributed by atoms with van der Waals surface area (Å²) >= 11 is 0. The number of aryl methyl sites for hydroxylation is 1. The highest BCUT2D eigenvalue weighted by atomic mass is 19.1. The minimum absolute atomic E-state index is 0.500. The van der Waals surface area contributed by atoms with Gasteiger partial charge in [0.25, 0.3) is 0 Å². The summed E-state index contributed by atoms with van der Waals surface area (Å²) in [5.41, 5.74) is 1.31. The molecule has 0 N–H and O–H groups in total. The van der Waals surface area contributed by atoms with E-state index in [9.17, 15) is 4.39 Å². The van der Waals surface area contributed by atoms with E-state index >= 15 is 0 Å². The van der Waals surface area contributed by atoms with Crippen molar-refractivity contribution in [3.63, 3.8) is 0 Å². The van der Waals surface area contributed by atoms with Crippen molar-refractivity contribution in [2.75, 3.05) is 7.18 Å². The molecule has 0 bridgehead atoms. The lowest BCUT2D eigenvalue weighted by atomic mass is 10.1. The van der Waals surface area contributed by atoms with Gasteiger partial charge in [-0.25, -0.2) is 0 Å². The van der Waals surface area contributed by atoms with Crippen LogP contribution in [0.15, 0.2) is 36.7 Å². The first kappa shape index (κ1) is 13.6. The van der Waals surface area contributed by atoms with Crippen molar-refractivity contribution in [2.45, 2.75) is 20.8 Å². The summed E-state index contributed by atoms with van der Waals surface area (Å²) in [4.78, 5) is 4.05. The number of fused-ring (bicyclic) bond motifs is 1. The van der Waals surface area contributed by atoms with Gasteiger partial charge in [0.05, 0.1) is 7.18 Å². The van der Waals surface area contributed by atoms with Crippen molar-refractivity contribution in [1.82, 2.24) is 4.98 Å². The third-order valence-corrected chi connectivity index (χ3v) is 1.90. The standard InChI is InChI=1S/C10H9N.C2H6.CH3F/c1-8-3-2-4-9-7-11-6-5-10(8)9;2*1-2/h2-7H,1H3;1-2H3;1H3. The molecule has 1 aromatic heterocycles. The topological polar surface area (TPSA) is 12.9 Å². The molecule has 1 heterocycles. The number of hydrogen-bond acceptors (Lipinski definition) is 1. The highest BCUT2D eigenvalue weighted by molar-refractivity contribution is 5.84. The summed E-state index contributed by atoms with van der Waals surface area (Å²) in [5, 5.41) is 2.51. The Balaban J connectivity index is 0.000000442. The third-order valence-electron chi connectivity index (χ3n) is 1.90. The first-order valence-corrected chi connectivity index (χ1v) is 5.05. The van der Waals surface area contributed by atoms with Crippen LogP contribution in [0.1, 0.15) is 19.4 Å². The number of rotatable bonds is 0. The van der Waals surface area contributed by atoms with E-state index in [0.29, 0.717) is 7.18 Å². The van der Waals surface area contributed by atoms with Crippen molar-refractivity contribution < 1.29 is 4.39 Å². The van der Waals surface area contributed by atoms with Gasteiger partial charge in [-0.2, -0.15) is 0 Å². The van der Waals surface area contributed by atoms with Crippen LogP contribution in [0.2, 0.25) is 0 Å². The first-order chi connectivity index (χ1) is 7.38. The summed E-state index contributed by atoms with van der Waals surface area (Å²) in [6, 6.07) is 8.29. The molecular weight excluding hydrogens is 189 g/mol. The van der Waals surface area contributed by atoms with Crippen molar-refractivity contribution in [3.8, 4) is 0 Å². The molecule has 0 saturated carbocycles. The van der Waals surface area contributed by atoms with Crippen LogP contribution in [0.4, 0.5) is 4.39 Å². The molecule has 0 radical (unpaired) electrons. The highest BCUT2D eigenvalue weighted by Crippen LogP contribution is 2.15. The summed E-state index contributed by atoms with van der Waals surface area (Å²) in [5.74, 6) is 0. The highest BCUT2D eigenvalue weighted by Gasteiger charge is 1.92. The van der Waals surface area contributed by atoms with E-state index in [4.69, 9.17) is 0 Å². The minimum atomic E-state index is 0.500. The molecule has 82 valence electrons. The van der Waals surface area contributed by atoms with Gasteiger partial charge in [-0.15, -0.1) is 0 Å². The minimum Gasteiger partial charge on any atom is -0.264 e. The van der Waals surface area contributed by atoms with Crippen LogP contribution >= 0.6 is 0 Å². The fourth-order valence-corrected chi connectivity index (χ4v) is 1.28. The van der Waals surface area contributed by atoms with Gasteiger partial charge < -0.3 is 0 Å². The number of aromatic nitrogens is 1. The number of hydrogen-bond donors (Lipinski definition) is 0. The zero-order valence-electron chi connectivity index (χ0n) is 9.79. The molecule has 0 aliphatic rings. The summed E-state index contributed by atoms with van der Waals surface area (Å²) in [6.07, 6.45) is 3.72. The van der Waals surface area contributed by atoms with Crippen LogP contribution < -0.4 is 0 Å². The van der Waals surface area contributed by atoms with E-state index in [-0.39, 0.29) is 0 Å². The molecule has 15 heavy (non-hydrogen) atoms. The molecule has 0 unspecified atom stereocenters. The quantitative estimate of drug-likeness (QED) is 0.632. The Morgan fingerprint density at radius 3 is 2.33 bits per heavy atom. The second kappa shape index (κ2) is 7.92. The number of alkyl halides is 1. The predicted molar refractivity (Wildman–Crippen MR) is 64.9 cm³/mol. The van der Waals surface area contributed by atoms with Crippen LogP contribution in [0, 0.1) is 6.92 Å². The maximum absolute atomic E-state index is 9.50. The lowest BCUT2D eigenvalue weighted by molar-refractivity contribution is 0.636. The van der Waals surface area contributed by atoms with Crippen LogP contribution in [-0.4, -0.2) is 12.2 Å². The second-order valence-electron chi connectivity index (χ2n) is 2.67. The number of halogens is 1. The first-order valence-electron chi connectivity index (χ1n) is 5.05. The largest absolute Gasteiger partial charge is 0.264 e. The Bertz CT molecular complexity index is 380. The van der Waals surface area contributed by atoms with E-state index in [2.05, 4.69) is 30.1 Å². The van der Waals surface area contributed by atoms with Gasteiger partial charge in [0.2, 0.25) is 0 Å². The molecule has 2 rings (SSSR count). The normalized spacial score (nSPS) is 8.33. The van der Waals surface area contributed by atoms with Gasteiger partial charge in [-0.1, -0.05) is 32.0 Å². The predicted octanol–water partition coefficient (Wildman–Crippen LogP) is 4.16. The van der Waals surface area contributed by atoms with Crippen molar-refractivity contribution in [2.24, 2.45) is 0 Å². The van der Waals surface area contributed by atoms with E-state index in [0.717, 1.165) is 0 Å². The van der Waals surface area contributed by atoms with Gasteiger partial charge >= 0.3 is 0 Å². The molecule has 0 aliphatic heterocycles. The SMILES string of the molecule is CC.CF.Cc1cccc2cnccc12. The van der Waals surface area contributed by atoms with Gasteiger partial charge in [-0.05, 0) is 23.9 Å². The number of pyridine rings is 1. The van der Waals surface area contributed by atoms with E-state index in [1.54, 1.807) is 0 Å². The fourth-order valence-electron chi connectivity index (χ4n) is 1.28. The Morgan fingerprint density at radius 1 is 1.07 bits per heavy atom. The molecule has 1 nitrogen and oxygen atoms in total. The molecule has 2 heteroatoms. The third kappa shape index (κ3) is 3.66. The summed E-state index contributed by atoms with van der Waals surface area (Å²) in [7, 11) is 0.500. The molecule has 0 aliphatic carbocycles. The smallest absolute Gasteiger partial charge is 0.0785 e. The fraction of sp³-hybridized carbons (Fsp3) is 0.308. The zero-order chi connectivity index (χ0) is 11.7. The van der Waals surface area contributed by atoms with Gasteiger partial charge in [0.1, 0.15) is 0 Å². The Labute approximate surface area is 91.0 Å². The van der Waals surface area contributed by atoms with Crippen molar-refractivity contribution in [1.29, 1.82) is 0 Å². The van der Waals surface area contributed by atoms with Crippen LogP contribution in [0.25, 0.3) is 10.8 Å². The summed E-state index contributed by atoms with van der Waals surface area (Å²) in [6.45, 7) is 6.11. The molecule has 0 amide bonds. The number of benzene rings is 1. The Kier molecular flexibility index (Phi) is 7.16. The van der Waals surface area contributed by atoms with Gasteiger partial charge in [0.15, 0.2) is 0 Å². The van der Waals surface area contributed by atoms with Crippen molar-refractivity contribution >= 4 is 10.8 Å². The number of nitrogens with zero attached hydrogens (tertiary/aromatic N) is 1. The van der Waals surface area contributed by atoms with E-state index in [1.165, 1.54) is 16.3 Å². The lowest BCUT2D eigenvalue weighted by Crippen LogP contribution is -1.77. The maximum atomic E-state index is 9.50. The van der Waals surface area contributed by atoms with Crippen molar-refractivity contribution in [3.05, 3.63) is 42.2 Å². The molecule has 2 aromatic rings. The van der Waals surface area contributed by atoms with Gasteiger partial charge in [-0.3, -0.25) is 9.37 Å². The maximum Gasteiger partial charge on any atom is 0.0785 e. The van der Waals surface area contributed by atoms with E-state index < -0.39 is 0 Å². The molecule has 0 spiro atoms. The Morgan fingerprint density at radius 2 is 1.73 bits per heavy atom. The summed E-state index contributed by atoms with van der Waals surface area (Å²) < 4.78 is 9.50. The molecule has 0 fully saturated rings. The van der Waals surface area contributed by atoms with E-state index in [1.807, 2.05) is 32.3 Å².